The van der Waals surface area contributed by atoms with E-state index < -0.39 is 0 Å². The van der Waals surface area contributed by atoms with Crippen molar-refractivity contribution in [1.29, 1.82) is 0 Å². The Morgan fingerprint density at radius 1 is 1.31 bits per heavy atom. The summed E-state index contributed by atoms with van der Waals surface area (Å²) in [7, 11) is 0. The highest BCUT2D eigenvalue weighted by Gasteiger charge is 2.57. The molecular weight excluding hydrogens is 160 g/mol. The van der Waals surface area contributed by atoms with Gasteiger partial charge >= 0.3 is 0 Å². The molecule has 1 heteroatoms. The van der Waals surface area contributed by atoms with Gasteiger partial charge in [-0.1, -0.05) is 18.6 Å². The molecule has 2 bridgehead atoms. The smallest absolute Gasteiger partial charge is 0.0602 e. The zero-order chi connectivity index (χ0) is 9.16. The standard InChI is InChI=1S/C12H18O/c1-6-3-4-8-9-5-10(11(6)8)12(13)7(9)2/h3,7-13H,4-5H2,1-2H3/t7?,8?,9-,10+,11?,12?/m1/s1. The monoisotopic (exact) mass is 178 g/mol. The molecule has 13 heavy (non-hydrogen) atoms. The summed E-state index contributed by atoms with van der Waals surface area (Å²) < 4.78 is 0. The Bertz CT molecular complexity index is 268. The molecule has 3 rings (SSSR count). The first-order valence-electron chi connectivity index (χ1n) is 5.55. The molecule has 0 aromatic carbocycles. The Hall–Kier alpha value is -0.300. The molecule has 72 valence electrons. The third-order valence-electron chi connectivity index (χ3n) is 4.91. The van der Waals surface area contributed by atoms with Gasteiger partial charge < -0.3 is 5.11 Å². The highest BCUT2D eigenvalue weighted by molar-refractivity contribution is 5.22. The maximum Gasteiger partial charge on any atom is 0.0602 e. The molecule has 0 amide bonds. The summed E-state index contributed by atoms with van der Waals surface area (Å²) in [6.07, 6.45) is 4.98. The Morgan fingerprint density at radius 3 is 2.85 bits per heavy atom. The number of fused-ring (bicyclic) bond motifs is 5. The van der Waals surface area contributed by atoms with Gasteiger partial charge in [0.1, 0.15) is 0 Å². The largest absolute Gasteiger partial charge is 0.393 e. The average Bonchev–Trinajstić information content (AvgIpc) is 2.70. The third kappa shape index (κ3) is 0.817. The van der Waals surface area contributed by atoms with Crippen LogP contribution in [0.3, 0.4) is 0 Å². The zero-order valence-electron chi connectivity index (χ0n) is 8.40. The molecule has 3 aliphatic rings. The van der Waals surface area contributed by atoms with Crippen LogP contribution in [0.5, 0.6) is 0 Å². The lowest BCUT2D eigenvalue weighted by Gasteiger charge is -2.34. The molecule has 6 atom stereocenters. The van der Waals surface area contributed by atoms with Gasteiger partial charge in [0.05, 0.1) is 6.10 Å². The Balaban J connectivity index is 1.96. The molecule has 0 radical (unpaired) electrons. The predicted octanol–water partition coefficient (Wildman–Crippen LogP) is 2.22. The van der Waals surface area contributed by atoms with Gasteiger partial charge in [-0.15, -0.1) is 0 Å². The molecular formula is C12H18O. The highest BCUT2D eigenvalue weighted by Crippen LogP contribution is 2.60. The van der Waals surface area contributed by atoms with E-state index in [1.54, 1.807) is 5.57 Å². The van der Waals surface area contributed by atoms with Crippen LogP contribution in [0.25, 0.3) is 0 Å². The molecule has 0 aromatic heterocycles. The lowest BCUT2D eigenvalue weighted by atomic mass is 9.73. The van der Waals surface area contributed by atoms with E-state index in [9.17, 15) is 5.11 Å². The van der Waals surface area contributed by atoms with Crippen LogP contribution in [0, 0.1) is 29.6 Å². The van der Waals surface area contributed by atoms with Gasteiger partial charge in [0.15, 0.2) is 0 Å². The summed E-state index contributed by atoms with van der Waals surface area (Å²) in [5.41, 5.74) is 1.56. The summed E-state index contributed by atoms with van der Waals surface area (Å²) >= 11 is 0. The quantitative estimate of drug-likeness (QED) is 0.564. The summed E-state index contributed by atoms with van der Waals surface area (Å²) in [4.78, 5) is 0. The molecule has 2 saturated carbocycles. The number of aliphatic hydroxyl groups excluding tert-OH is 1. The van der Waals surface area contributed by atoms with E-state index in [2.05, 4.69) is 19.9 Å². The second-order valence-electron chi connectivity index (χ2n) is 5.29. The molecule has 0 spiro atoms. The second-order valence-corrected chi connectivity index (χ2v) is 5.29. The summed E-state index contributed by atoms with van der Waals surface area (Å²) in [5, 5.41) is 10.0. The van der Waals surface area contributed by atoms with E-state index in [1.165, 1.54) is 12.8 Å². The van der Waals surface area contributed by atoms with Crippen LogP contribution in [0.4, 0.5) is 0 Å². The van der Waals surface area contributed by atoms with Crippen LogP contribution in [0.15, 0.2) is 11.6 Å². The maximum absolute atomic E-state index is 10.0. The topological polar surface area (TPSA) is 20.2 Å². The van der Waals surface area contributed by atoms with Crippen LogP contribution in [0.2, 0.25) is 0 Å². The Labute approximate surface area is 79.8 Å². The van der Waals surface area contributed by atoms with Crippen LogP contribution in [-0.2, 0) is 0 Å². The van der Waals surface area contributed by atoms with Crippen molar-refractivity contribution < 1.29 is 5.11 Å². The van der Waals surface area contributed by atoms with Crippen molar-refractivity contribution in [2.24, 2.45) is 29.6 Å². The predicted molar refractivity (Wildman–Crippen MR) is 52.1 cm³/mol. The summed E-state index contributed by atoms with van der Waals surface area (Å²) in [6.45, 7) is 4.49. The van der Waals surface area contributed by atoms with E-state index in [0.29, 0.717) is 11.8 Å². The van der Waals surface area contributed by atoms with E-state index in [-0.39, 0.29) is 6.10 Å². The van der Waals surface area contributed by atoms with E-state index >= 15 is 0 Å². The minimum absolute atomic E-state index is 0.00676. The van der Waals surface area contributed by atoms with Crippen molar-refractivity contribution in [2.75, 3.05) is 0 Å². The molecule has 0 aliphatic heterocycles. The maximum atomic E-state index is 10.0. The molecule has 0 aromatic rings. The number of hydrogen-bond acceptors (Lipinski definition) is 1. The summed E-state index contributed by atoms with van der Waals surface area (Å²) in [5.74, 6) is 3.62. The molecule has 0 heterocycles. The highest BCUT2D eigenvalue weighted by atomic mass is 16.3. The number of aliphatic hydroxyl groups is 1. The second kappa shape index (κ2) is 2.38. The molecule has 0 saturated heterocycles. The minimum Gasteiger partial charge on any atom is -0.393 e. The molecule has 1 nitrogen and oxygen atoms in total. The lowest BCUT2D eigenvalue weighted by molar-refractivity contribution is 0.0263. The number of rotatable bonds is 0. The van der Waals surface area contributed by atoms with E-state index in [4.69, 9.17) is 0 Å². The first-order chi connectivity index (χ1) is 6.20. The first kappa shape index (κ1) is 8.05. The third-order valence-corrected chi connectivity index (χ3v) is 4.91. The van der Waals surface area contributed by atoms with Gasteiger partial charge in [-0.25, -0.2) is 0 Å². The van der Waals surface area contributed by atoms with Crippen LogP contribution in [0.1, 0.15) is 26.7 Å². The minimum atomic E-state index is -0.00676. The van der Waals surface area contributed by atoms with Gasteiger partial charge in [-0.3, -0.25) is 0 Å². The van der Waals surface area contributed by atoms with Gasteiger partial charge in [0.2, 0.25) is 0 Å². The van der Waals surface area contributed by atoms with E-state index in [1.807, 2.05) is 0 Å². The normalized spacial score (nSPS) is 58.2. The fourth-order valence-corrected chi connectivity index (χ4v) is 4.27. The summed E-state index contributed by atoms with van der Waals surface area (Å²) in [6, 6.07) is 0. The molecule has 4 unspecified atom stereocenters. The van der Waals surface area contributed by atoms with Gasteiger partial charge in [-0.2, -0.15) is 0 Å². The van der Waals surface area contributed by atoms with Gasteiger partial charge in [-0.05, 0) is 49.4 Å². The van der Waals surface area contributed by atoms with E-state index in [0.717, 1.165) is 17.8 Å². The fraction of sp³-hybridized carbons (Fsp3) is 0.833. The molecule has 2 fully saturated rings. The Kier molecular flexibility index (Phi) is 1.48. The van der Waals surface area contributed by atoms with Gasteiger partial charge in [0, 0.05) is 0 Å². The SMILES string of the molecule is CC1=CCC2C1[C@@H]1C[C@@H]2C(C)C1O. The first-order valence-corrected chi connectivity index (χ1v) is 5.55. The zero-order valence-corrected chi connectivity index (χ0v) is 8.40. The fourth-order valence-electron chi connectivity index (χ4n) is 4.27. The van der Waals surface area contributed by atoms with Crippen molar-refractivity contribution in [3.63, 3.8) is 0 Å². The molecule has 3 aliphatic carbocycles. The van der Waals surface area contributed by atoms with Crippen molar-refractivity contribution in [1.82, 2.24) is 0 Å². The lowest BCUT2D eigenvalue weighted by Crippen LogP contribution is -2.35. The molecule has 1 N–H and O–H groups in total. The van der Waals surface area contributed by atoms with Crippen molar-refractivity contribution in [3.8, 4) is 0 Å². The van der Waals surface area contributed by atoms with Crippen LogP contribution < -0.4 is 0 Å². The Morgan fingerprint density at radius 2 is 2.08 bits per heavy atom. The van der Waals surface area contributed by atoms with Crippen molar-refractivity contribution in [3.05, 3.63) is 11.6 Å². The van der Waals surface area contributed by atoms with Crippen LogP contribution in [-0.4, -0.2) is 11.2 Å². The van der Waals surface area contributed by atoms with Gasteiger partial charge in [0.25, 0.3) is 0 Å². The number of hydrogen-bond donors (Lipinski definition) is 1. The number of allylic oxidation sites excluding steroid dienone is 2. The average molecular weight is 178 g/mol. The van der Waals surface area contributed by atoms with Crippen LogP contribution >= 0.6 is 0 Å². The van der Waals surface area contributed by atoms with Crippen molar-refractivity contribution >= 4 is 0 Å². The van der Waals surface area contributed by atoms with Crippen molar-refractivity contribution in [2.45, 2.75) is 32.8 Å².